The molecule has 1 amide bonds. The van der Waals surface area contributed by atoms with Gasteiger partial charge in [0.1, 0.15) is 16.8 Å². The van der Waals surface area contributed by atoms with Gasteiger partial charge in [-0.1, -0.05) is 63.6 Å². The van der Waals surface area contributed by atoms with Gasteiger partial charge in [0.2, 0.25) is 5.91 Å². The van der Waals surface area contributed by atoms with Crippen LogP contribution in [0, 0.1) is 5.41 Å². The number of ether oxygens (including phenoxy) is 1. The van der Waals surface area contributed by atoms with Gasteiger partial charge in [-0.25, -0.2) is 4.79 Å². The summed E-state index contributed by atoms with van der Waals surface area (Å²) in [6, 6.07) is 16.9. The molecular weight excluding hydrogens is 478 g/mol. The van der Waals surface area contributed by atoms with Crippen LogP contribution in [0.5, 0.6) is 0 Å². The smallest absolute Gasteiger partial charge is 0.339 e. The highest BCUT2D eigenvalue weighted by Gasteiger charge is 2.64. The van der Waals surface area contributed by atoms with E-state index in [-0.39, 0.29) is 41.5 Å². The van der Waals surface area contributed by atoms with Crippen LogP contribution in [0.4, 0.5) is 11.4 Å². The Hall–Kier alpha value is -3.87. The van der Waals surface area contributed by atoms with E-state index in [2.05, 4.69) is 6.92 Å². The Balaban J connectivity index is 1.90. The number of hydrogen-bond acceptors (Lipinski definition) is 6. The van der Waals surface area contributed by atoms with Gasteiger partial charge >= 0.3 is 5.97 Å². The van der Waals surface area contributed by atoms with E-state index in [1.54, 1.807) is 16.7 Å². The molecule has 3 aliphatic rings. The predicted octanol–water partition coefficient (Wildman–Crippen LogP) is 4.97. The van der Waals surface area contributed by atoms with E-state index < -0.39 is 11.4 Å². The Morgan fingerprint density at radius 2 is 1.68 bits per heavy atom. The predicted molar refractivity (Wildman–Crippen MR) is 147 cm³/mol. The molecule has 1 aliphatic carbocycles. The summed E-state index contributed by atoms with van der Waals surface area (Å²) in [7, 11) is 0. The number of carbonyl (C=O) groups excluding carboxylic acids is 3. The fourth-order valence-electron chi connectivity index (χ4n) is 6.29. The van der Waals surface area contributed by atoms with Crippen molar-refractivity contribution >= 4 is 29.0 Å². The van der Waals surface area contributed by atoms with Crippen LogP contribution < -0.4 is 15.5 Å². The Bertz CT molecular complexity index is 1370. The number of amides is 1. The lowest BCUT2D eigenvalue weighted by Crippen LogP contribution is -2.55. The molecule has 1 atom stereocenters. The second-order valence-corrected chi connectivity index (χ2v) is 11.0. The fraction of sp³-hybridized carbons (Fsp3) is 0.387. The molecule has 2 N–H and O–H groups in total. The number of hydrogen-bond donors (Lipinski definition) is 1. The minimum absolute atomic E-state index is 0.0199. The van der Waals surface area contributed by atoms with Crippen molar-refractivity contribution in [3.05, 3.63) is 82.8 Å². The second-order valence-electron chi connectivity index (χ2n) is 11.0. The summed E-state index contributed by atoms with van der Waals surface area (Å²) in [5.74, 6) is -1.02. The number of esters is 1. The highest BCUT2D eigenvalue weighted by Crippen LogP contribution is 2.58. The third-order valence-corrected chi connectivity index (χ3v) is 7.76. The fourth-order valence-corrected chi connectivity index (χ4v) is 6.29. The van der Waals surface area contributed by atoms with Gasteiger partial charge in [-0.2, -0.15) is 0 Å². The number of carbonyl (C=O) groups is 3. The average molecular weight is 514 g/mol. The number of Topliss-reactive ketones (excluding diaryl/α,β-unsaturated/α-hetero) is 1. The number of fused-ring (bicyclic) bond motifs is 3. The van der Waals surface area contributed by atoms with Gasteiger partial charge in [0, 0.05) is 41.2 Å². The monoisotopic (exact) mass is 513 g/mol. The zero-order valence-corrected chi connectivity index (χ0v) is 22.5. The van der Waals surface area contributed by atoms with Crippen molar-refractivity contribution in [2.24, 2.45) is 11.1 Å². The third kappa shape index (κ3) is 3.67. The molecular formula is C31H35N3O4. The van der Waals surface area contributed by atoms with Crippen LogP contribution in [-0.4, -0.2) is 30.8 Å². The maximum Gasteiger partial charge on any atom is 0.339 e. The molecule has 2 heterocycles. The quantitative estimate of drug-likeness (QED) is 0.549. The van der Waals surface area contributed by atoms with Gasteiger partial charge in [-0.3, -0.25) is 14.5 Å². The van der Waals surface area contributed by atoms with Gasteiger partial charge in [-0.05, 0) is 43.4 Å². The van der Waals surface area contributed by atoms with Gasteiger partial charge in [-0.15, -0.1) is 0 Å². The number of para-hydroxylation sites is 2. The molecule has 7 nitrogen and oxygen atoms in total. The lowest BCUT2D eigenvalue weighted by atomic mass is 9.60. The lowest BCUT2D eigenvalue weighted by Gasteiger charge is -2.47. The number of allylic oxidation sites excluding steroid dienone is 1. The highest BCUT2D eigenvalue weighted by atomic mass is 16.5. The van der Waals surface area contributed by atoms with E-state index in [4.69, 9.17) is 10.5 Å². The van der Waals surface area contributed by atoms with E-state index in [1.807, 2.05) is 68.4 Å². The number of benzene rings is 2. The number of rotatable bonds is 6. The van der Waals surface area contributed by atoms with E-state index in [0.717, 1.165) is 18.5 Å². The molecule has 38 heavy (non-hydrogen) atoms. The number of nitrogens with zero attached hydrogens (tertiary/aromatic N) is 2. The van der Waals surface area contributed by atoms with E-state index >= 15 is 0 Å². The van der Waals surface area contributed by atoms with Crippen molar-refractivity contribution in [2.75, 3.05) is 23.0 Å². The molecule has 2 aromatic rings. The standard InChI is InChI=1S/C31H35N3O4/c1-5-7-17-33-22-16-12-11-15-21(22)31(29(33)37)25-23(18-30(3,4)19-24(25)35)34(20-13-9-8-10-14-20)27(32)26(31)28(36)38-6-2/h8-16H,5-7,17-19,32H2,1-4H3. The summed E-state index contributed by atoms with van der Waals surface area (Å²) in [6.07, 6.45) is 2.46. The molecule has 2 aromatic carbocycles. The summed E-state index contributed by atoms with van der Waals surface area (Å²) in [4.78, 5) is 46.3. The highest BCUT2D eigenvalue weighted by molar-refractivity contribution is 6.24. The van der Waals surface area contributed by atoms with E-state index in [0.29, 0.717) is 35.5 Å². The molecule has 0 fully saturated rings. The number of anilines is 2. The Morgan fingerprint density at radius 1 is 1.00 bits per heavy atom. The van der Waals surface area contributed by atoms with Gasteiger partial charge in [0.15, 0.2) is 5.78 Å². The molecule has 198 valence electrons. The number of ketones is 1. The van der Waals surface area contributed by atoms with Crippen molar-refractivity contribution in [2.45, 2.75) is 58.8 Å². The number of nitrogens with two attached hydrogens (primary N) is 1. The van der Waals surface area contributed by atoms with Gasteiger partial charge in [0.05, 0.1) is 6.61 Å². The molecule has 0 aromatic heterocycles. The van der Waals surface area contributed by atoms with Crippen molar-refractivity contribution < 1.29 is 19.1 Å². The summed E-state index contributed by atoms with van der Waals surface area (Å²) >= 11 is 0. The Morgan fingerprint density at radius 3 is 2.37 bits per heavy atom. The van der Waals surface area contributed by atoms with E-state index in [9.17, 15) is 14.4 Å². The first-order valence-corrected chi connectivity index (χ1v) is 13.4. The third-order valence-electron chi connectivity index (χ3n) is 7.76. The topological polar surface area (TPSA) is 92.9 Å². The van der Waals surface area contributed by atoms with Crippen molar-refractivity contribution in [1.29, 1.82) is 0 Å². The molecule has 0 saturated carbocycles. The van der Waals surface area contributed by atoms with Gasteiger partial charge < -0.3 is 15.4 Å². The maximum absolute atomic E-state index is 14.7. The van der Waals surface area contributed by atoms with Gasteiger partial charge in [0.25, 0.3) is 0 Å². The summed E-state index contributed by atoms with van der Waals surface area (Å²) in [5.41, 5.74) is 8.00. The molecule has 1 unspecified atom stereocenters. The molecule has 1 spiro atoms. The maximum atomic E-state index is 14.7. The van der Waals surface area contributed by atoms with E-state index in [1.165, 1.54) is 0 Å². The molecule has 0 bridgehead atoms. The molecule has 2 aliphatic heterocycles. The first kappa shape index (κ1) is 25.8. The normalized spacial score (nSPS) is 22.2. The summed E-state index contributed by atoms with van der Waals surface area (Å²) in [5, 5.41) is 0. The minimum atomic E-state index is -1.66. The van der Waals surface area contributed by atoms with Crippen LogP contribution >= 0.6 is 0 Å². The lowest BCUT2D eigenvalue weighted by molar-refractivity contribution is -0.140. The molecule has 0 radical (unpaired) electrons. The number of unbranched alkanes of at least 4 members (excludes halogenated alkanes) is 1. The molecule has 7 heteroatoms. The van der Waals surface area contributed by atoms with Crippen LogP contribution in [0.2, 0.25) is 0 Å². The van der Waals surface area contributed by atoms with Crippen molar-refractivity contribution in [3.63, 3.8) is 0 Å². The molecule has 5 rings (SSSR count). The van der Waals surface area contributed by atoms with Crippen LogP contribution in [0.25, 0.3) is 0 Å². The van der Waals surface area contributed by atoms with Crippen molar-refractivity contribution in [3.8, 4) is 0 Å². The second kappa shape index (κ2) is 9.46. The SMILES string of the molecule is CCCCN1C(=O)C2(C(C(=O)OCC)=C(N)N(c3ccccc3)C3=C2C(=O)CC(C)(C)C3)c2ccccc21. The minimum Gasteiger partial charge on any atom is -0.462 e. The zero-order valence-electron chi connectivity index (χ0n) is 22.5. The van der Waals surface area contributed by atoms with Crippen LogP contribution in [0.3, 0.4) is 0 Å². The van der Waals surface area contributed by atoms with Crippen molar-refractivity contribution in [1.82, 2.24) is 0 Å². The average Bonchev–Trinajstić information content (AvgIpc) is 3.10. The zero-order chi connectivity index (χ0) is 27.2. The Labute approximate surface area is 223 Å². The Kier molecular flexibility index (Phi) is 6.41. The van der Waals surface area contributed by atoms with Crippen LogP contribution in [-0.2, 0) is 24.5 Å². The summed E-state index contributed by atoms with van der Waals surface area (Å²) in [6.45, 7) is 8.46. The molecule has 0 saturated heterocycles. The largest absolute Gasteiger partial charge is 0.462 e. The summed E-state index contributed by atoms with van der Waals surface area (Å²) < 4.78 is 5.55. The first-order chi connectivity index (χ1) is 18.2. The van der Waals surface area contributed by atoms with Crippen LogP contribution in [0.1, 0.15) is 58.9 Å². The first-order valence-electron chi connectivity index (χ1n) is 13.4. The van der Waals surface area contributed by atoms with Crippen LogP contribution in [0.15, 0.2) is 77.3 Å².